The zero-order valence-corrected chi connectivity index (χ0v) is 14.4. The Labute approximate surface area is 134 Å². The first kappa shape index (κ1) is 20.9. The summed E-state index contributed by atoms with van der Waals surface area (Å²) in [5, 5.41) is 5.63. The molecule has 2 amide bonds. The average Bonchev–Trinajstić information content (AvgIpc) is 2.42. The van der Waals surface area contributed by atoms with Crippen molar-refractivity contribution in [1.82, 2.24) is 10.6 Å². The van der Waals surface area contributed by atoms with Crippen LogP contribution in [-0.4, -0.2) is 51.3 Å². The van der Waals surface area contributed by atoms with Gasteiger partial charge in [-0.15, -0.1) is 0 Å². The molecule has 0 aromatic carbocycles. The van der Waals surface area contributed by atoms with Gasteiger partial charge in [-0.1, -0.05) is 27.7 Å². The fourth-order valence-electron chi connectivity index (χ4n) is 1.60. The molecule has 2 N–H and O–H groups in total. The number of nitrogens with one attached hydrogen (secondary N) is 2. The van der Waals surface area contributed by atoms with Crippen molar-refractivity contribution in [2.75, 3.05) is 39.5 Å². The molecule has 0 rings (SSSR count). The van der Waals surface area contributed by atoms with Crippen molar-refractivity contribution in [3.8, 4) is 0 Å². The van der Waals surface area contributed by atoms with Gasteiger partial charge in [0.25, 0.3) is 0 Å². The number of hydrogen-bond acceptors (Lipinski definition) is 4. The van der Waals surface area contributed by atoms with Crippen LogP contribution in [0.25, 0.3) is 0 Å². The Morgan fingerprint density at radius 1 is 0.818 bits per heavy atom. The summed E-state index contributed by atoms with van der Waals surface area (Å²) in [5.74, 6) is 0.899. The standard InChI is InChI=1S/C16H32N2O4/c1-13(2)11-16(20)17-6-8-22-10-9-21-7-5-15(19)18-12-14(3)4/h13-14H,5-12H2,1-4H3,(H,17,20)(H,18,19). The predicted molar refractivity (Wildman–Crippen MR) is 86.6 cm³/mol. The second kappa shape index (κ2) is 13.5. The van der Waals surface area contributed by atoms with Crippen molar-refractivity contribution in [2.45, 2.75) is 40.5 Å². The van der Waals surface area contributed by atoms with Crippen molar-refractivity contribution < 1.29 is 19.1 Å². The first-order valence-corrected chi connectivity index (χ1v) is 8.10. The third-order valence-corrected chi connectivity index (χ3v) is 2.72. The lowest BCUT2D eigenvalue weighted by Gasteiger charge is -2.09. The highest BCUT2D eigenvalue weighted by atomic mass is 16.5. The summed E-state index contributed by atoms with van der Waals surface area (Å²) in [6.07, 6.45) is 0.917. The number of hydrogen-bond donors (Lipinski definition) is 2. The van der Waals surface area contributed by atoms with Gasteiger partial charge in [-0.25, -0.2) is 0 Å². The highest BCUT2D eigenvalue weighted by Crippen LogP contribution is 1.97. The Morgan fingerprint density at radius 2 is 1.45 bits per heavy atom. The van der Waals surface area contributed by atoms with E-state index >= 15 is 0 Å². The molecule has 0 aromatic rings. The number of ether oxygens (including phenoxy) is 2. The van der Waals surface area contributed by atoms with Crippen LogP contribution in [0.4, 0.5) is 0 Å². The molecule has 0 bridgehead atoms. The summed E-state index contributed by atoms with van der Waals surface area (Å²) >= 11 is 0. The second-order valence-electron chi connectivity index (χ2n) is 6.12. The molecular formula is C16H32N2O4. The third-order valence-electron chi connectivity index (χ3n) is 2.72. The van der Waals surface area contributed by atoms with Crippen molar-refractivity contribution in [3.63, 3.8) is 0 Å². The Morgan fingerprint density at radius 3 is 2.05 bits per heavy atom. The monoisotopic (exact) mass is 316 g/mol. The quantitative estimate of drug-likeness (QED) is 0.503. The first-order chi connectivity index (χ1) is 10.4. The maximum atomic E-state index is 11.4. The van der Waals surface area contributed by atoms with Gasteiger partial charge in [0, 0.05) is 25.9 Å². The van der Waals surface area contributed by atoms with Crippen molar-refractivity contribution in [2.24, 2.45) is 11.8 Å². The van der Waals surface area contributed by atoms with Crippen molar-refractivity contribution >= 4 is 11.8 Å². The van der Waals surface area contributed by atoms with Crippen LogP contribution < -0.4 is 10.6 Å². The van der Waals surface area contributed by atoms with Gasteiger partial charge in [0.2, 0.25) is 11.8 Å². The maximum absolute atomic E-state index is 11.4. The molecule has 0 fully saturated rings. The molecule has 0 spiro atoms. The first-order valence-electron chi connectivity index (χ1n) is 8.10. The van der Waals surface area contributed by atoms with E-state index in [9.17, 15) is 9.59 Å². The molecule has 0 aliphatic rings. The van der Waals surface area contributed by atoms with E-state index < -0.39 is 0 Å². The summed E-state index contributed by atoms with van der Waals surface area (Å²) in [5.41, 5.74) is 0. The Balaban J connectivity index is 3.27. The van der Waals surface area contributed by atoms with Gasteiger partial charge >= 0.3 is 0 Å². The number of carbonyl (C=O) groups is 2. The highest BCUT2D eigenvalue weighted by molar-refractivity contribution is 5.76. The van der Waals surface area contributed by atoms with Crippen LogP contribution in [0.2, 0.25) is 0 Å². The Bertz CT molecular complexity index is 307. The van der Waals surface area contributed by atoms with Crippen LogP contribution in [0.1, 0.15) is 40.5 Å². The van der Waals surface area contributed by atoms with Gasteiger partial charge in [0.05, 0.1) is 26.4 Å². The average molecular weight is 316 g/mol. The molecule has 6 nitrogen and oxygen atoms in total. The molecule has 0 saturated heterocycles. The van der Waals surface area contributed by atoms with Crippen molar-refractivity contribution in [3.05, 3.63) is 0 Å². The molecule has 0 aromatic heterocycles. The fourth-order valence-corrected chi connectivity index (χ4v) is 1.60. The molecule has 0 unspecified atom stereocenters. The fraction of sp³-hybridized carbons (Fsp3) is 0.875. The molecule has 0 aliphatic carbocycles. The van der Waals surface area contributed by atoms with Crippen LogP contribution in [0.3, 0.4) is 0 Å². The van der Waals surface area contributed by atoms with Gasteiger partial charge < -0.3 is 20.1 Å². The van der Waals surface area contributed by atoms with Gasteiger partial charge in [0.1, 0.15) is 0 Å². The normalized spacial score (nSPS) is 11.0. The number of amides is 2. The molecule has 0 atom stereocenters. The van der Waals surface area contributed by atoms with Crippen LogP contribution in [0, 0.1) is 11.8 Å². The largest absolute Gasteiger partial charge is 0.379 e. The van der Waals surface area contributed by atoms with Gasteiger partial charge in [-0.3, -0.25) is 9.59 Å². The SMILES string of the molecule is CC(C)CNC(=O)CCOCCOCCNC(=O)CC(C)C. The zero-order valence-electron chi connectivity index (χ0n) is 14.4. The second-order valence-corrected chi connectivity index (χ2v) is 6.12. The summed E-state index contributed by atoms with van der Waals surface area (Å²) in [7, 11) is 0. The van der Waals surface area contributed by atoms with Crippen molar-refractivity contribution in [1.29, 1.82) is 0 Å². The zero-order chi connectivity index (χ0) is 16.8. The molecule has 0 heterocycles. The summed E-state index contributed by atoms with van der Waals surface area (Å²) in [6, 6.07) is 0. The van der Waals surface area contributed by atoms with E-state index in [1.54, 1.807) is 0 Å². The summed E-state index contributed by atoms with van der Waals surface area (Å²) in [6.45, 7) is 11.1. The number of rotatable bonds is 13. The van der Waals surface area contributed by atoms with Crippen LogP contribution >= 0.6 is 0 Å². The minimum absolute atomic E-state index is 0.0162. The summed E-state index contributed by atoms with van der Waals surface area (Å²) in [4.78, 5) is 22.8. The van der Waals surface area contributed by atoms with E-state index in [0.29, 0.717) is 64.2 Å². The smallest absolute Gasteiger partial charge is 0.222 e. The van der Waals surface area contributed by atoms with E-state index in [1.165, 1.54) is 0 Å². The summed E-state index contributed by atoms with van der Waals surface area (Å²) < 4.78 is 10.7. The van der Waals surface area contributed by atoms with Crippen LogP contribution in [0.5, 0.6) is 0 Å². The lowest BCUT2D eigenvalue weighted by Crippen LogP contribution is -2.29. The molecule has 6 heteroatoms. The lowest BCUT2D eigenvalue weighted by atomic mass is 10.1. The minimum atomic E-state index is 0.0162. The Kier molecular flexibility index (Phi) is 12.8. The molecule has 0 aliphatic heterocycles. The molecule has 0 saturated carbocycles. The van der Waals surface area contributed by atoms with Gasteiger partial charge in [-0.2, -0.15) is 0 Å². The Hall–Kier alpha value is -1.14. The topological polar surface area (TPSA) is 76.7 Å². The maximum Gasteiger partial charge on any atom is 0.222 e. The molecule has 22 heavy (non-hydrogen) atoms. The van der Waals surface area contributed by atoms with E-state index in [2.05, 4.69) is 24.5 Å². The lowest BCUT2D eigenvalue weighted by molar-refractivity contribution is -0.122. The van der Waals surface area contributed by atoms with Gasteiger partial charge in [0.15, 0.2) is 0 Å². The third kappa shape index (κ3) is 15.3. The van der Waals surface area contributed by atoms with E-state index in [4.69, 9.17) is 9.47 Å². The number of carbonyl (C=O) groups excluding carboxylic acids is 2. The molecule has 0 radical (unpaired) electrons. The van der Waals surface area contributed by atoms with E-state index in [-0.39, 0.29) is 11.8 Å². The minimum Gasteiger partial charge on any atom is -0.379 e. The van der Waals surface area contributed by atoms with Crippen LogP contribution in [0.15, 0.2) is 0 Å². The highest BCUT2D eigenvalue weighted by Gasteiger charge is 2.03. The van der Waals surface area contributed by atoms with Crippen LogP contribution in [-0.2, 0) is 19.1 Å². The molecular weight excluding hydrogens is 284 g/mol. The van der Waals surface area contributed by atoms with E-state index in [1.807, 2.05) is 13.8 Å². The van der Waals surface area contributed by atoms with Gasteiger partial charge in [-0.05, 0) is 11.8 Å². The van der Waals surface area contributed by atoms with E-state index in [0.717, 1.165) is 0 Å². The molecule has 130 valence electrons. The predicted octanol–water partition coefficient (Wildman–Crippen LogP) is 1.34.